The number of hydrogen-bond donors (Lipinski definition) is 1. The third-order valence-corrected chi connectivity index (χ3v) is 5.04. The highest BCUT2D eigenvalue weighted by atomic mass is 14.7. The number of rotatable bonds is 2. The zero-order valence-corrected chi connectivity index (χ0v) is 14.8. The Balaban J connectivity index is 1.97. The molecular formula is C25H18N2. The molecule has 0 aliphatic carbocycles. The Morgan fingerprint density at radius 3 is 1.93 bits per heavy atom. The summed E-state index contributed by atoms with van der Waals surface area (Å²) >= 11 is 0. The highest BCUT2D eigenvalue weighted by Gasteiger charge is 2.16. The Morgan fingerprint density at radius 2 is 1.19 bits per heavy atom. The average Bonchev–Trinajstić information content (AvgIpc) is 2.74. The molecule has 1 heterocycles. The van der Waals surface area contributed by atoms with Crippen molar-refractivity contribution in [2.75, 3.05) is 5.73 Å². The van der Waals surface area contributed by atoms with E-state index in [0.29, 0.717) is 0 Å². The van der Waals surface area contributed by atoms with Crippen LogP contribution in [-0.2, 0) is 0 Å². The lowest BCUT2D eigenvalue weighted by Gasteiger charge is -2.16. The van der Waals surface area contributed by atoms with Gasteiger partial charge in [-0.2, -0.15) is 0 Å². The van der Waals surface area contributed by atoms with Crippen molar-refractivity contribution in [1.29, 1.82) is 0 Å². The molecule has 0 spiro atoms. The van der Waals surface area contributed by atoms with E-state index in [1.54, 1.807) is 0 Å². The maximum Gasteiger partial charge on any atom is 0.0737 e. The van der Waals surface area contributed by atoms with Crippen molar-refractivity contribution < 1.29 is 0 Å². The summed E-state index contributed by atoms with van der Waals surface area (Å²) in [5.74, 6) is 0. The second-order valence-electron chi connectivity index (χ2n) is 6.66. The highest BCUT2D eigenvalue weighted by Crippen LogP contribution is 2.41. The van der Waals surface area contributed by atoms with Gasteiger partial charge in [-0.05, 0) is 28.8 Å². The highest BCUT2D eigenvalue weighted by molar-refractivity contribution is 6.15. The predicted molar refractivity (Wildman–Crippen MR) is 115 cm³/mol. The van der Waals surface area contributed by atoms with E-state index in [4.69, 9.17) is 10.7 Å². The predicted octanol–water partition coefficient (Wildman–Crippen LogP) is 6.30. The van der Waals surface area contributed by atoms with Gasteiger partial charge in [0.2, 0.25) is 0 Å². The first-order chi connectivity index (χ1) is 13.3. The van der Waals surface area contributed by atoms with Crippen molar-refractivity contribution in [2.24, 2.45) is 0 Å². The van der Waals surface area contributed by atoms with Crippen molar-refractivity contribution in [3.05, 3.63) is 97.1 Å². The van der Waals surface area contributed by atoms with Gasteiger partial charge in [-0.15, -0.1) is 0 Å². The normalized spacial score (nSPS) is 11.1. The molecule has 27 heavy (non-hydrogen) atoms. The van der Waals surface area contributed by atoms with Crippen LogP contribution in [0.5, 0.6) is 0 Å². The van der Waals surface area contributed by atoms with Crippen LogP contribution in [0.4, 0.5) is 5.69 Å². The Labute approximate surface area is 157 Å². The van der Waals surface area contributed by atoms with E-state index in [-0.39, 0.29) is 0 Å². The number of fused-ring (bicyclic) bond motifs is 2. The minimum absolute atomic E-state index is 0.784. The third kappa shape index (κ3) is 2.54. The third-order valence-electron chi connectivity index (χ3n) is 5.04. The van der Waals surface area contributed by atoms with E-state index < -0.39 is 0 Å². The van der Waals surface area contributed by atoms with Crippen LogP contribution in [0, 0.1) is 0 Å². The minimum Gasteiger partial charge on any atom is -0.398 e. The van der Waals surface area contributed by atoms with Gasteiger partial charge in [0.05, 0.1) is 16.7 Å². The van der Waals surface area contributed by atoms with E-state index in [0.717, 1.165) is 44.2 Å². The van der Waals surface area contributed by atoms with Gasteiger partial charge in [-0.3, -0.25) is 0 Å². The van der Waals surface area contributed by atoms with Gasteiger partial charge < -0.3 is 5.73 Å². The van der Waals surface area contributed by atoms with Gasteiger partial charge in [0.1, 0.15) is 0 Å². The second-order valence-corrected chi connectivity index (χ2v) is 6.66. The second kappa shape index (κ2) is 6.26. The maximum absolute atomic E-state index is 6.70. The summed E-state index contributed by atoms with van der Waals surface area (Å²) in [6.45, 7) is 0. The molecule has 0 aliphatic rings. The van der Waals surface area contributed by atoms with Gasteiger partial charge in [0.25, 0.3) is 0 Å². The Bertz CT molecular complexity index is 1260. The summed E-state index contributed by atoms with van der Waals surface area (Å²) in [5, 5.41) is 2.01. The molecule has 5 rings (SSSR count). The molecule has 0 atom stereocenters. The molecule has 5 aromatic rings. The first-order valence-electron chi connectivity index (χ1n) is 9.05. The number of benzene rings is 4. The summed E-state index contributed by atoms with van der Waals surface area (Å²) < 4.78 is 0. The first-order valence-corrected chi connectivity index (χ1v) is 9.05. The van der Waals surface area contributed by atoms with Gasteiger partial charge in [0, 0.05) is 16.3 Å². The quantitative estimate of drug-likeness (QED) is 0.381. The van der Waals surface area contributed by atoms with Crippen LogP contribution in [-0.4, -0.2) is 4.98 Å². The Kier molecular flexibility index (Phi) is 3.61. The number of para-hydroxylation sites is 1. The average molecular weight is 346 g/mol. The van der Waals surface area contributed by atoms with Crippen LogP contribution in [0.15, 0.2) is 97.1 Å². The van der Waals surface area contributed by atoms with Crippen molar-refractivity contribution in [3.63, 3.8) is 0 Å². The van der Waals surface area contributed by atoms with Crippen LogP contribution in [0.3, 0.4) is 0 Å². The summed E-state index contributed by atoms with van der Waals surface area (Å²) in [6, 6.07) is 33.2. The molecule has 128 valence electrons. The molecule has 0 saturated carbocycles. The molecule has 1 aromatic heterocycles. The molecule has 2 heteroatoms. The fourth-order valence-electron chi connectivity index (χ4n) is 3.78. The number of hydrogen-bond acceptors (Lipinski definition) is 2. The molecule has 0 fully saturated rings. The van der Waals surface area contributed by atoms with Gasteiger partial charge >= 0.3 is 0 Å². The van der Waals surface area contributed by atoms with Gasteiger partial charge in [0.15, 0.2) is 0 Å². The Morgan fingerprint density at radius 1 is 0.556 bits per heavy atom. The molecule has 0 aliphatic heterocycles. The van der Waals surface area contributed by atoms with Gasteiger partial charge in [-0.1, -0.05) is 84.9 Å². The topological polar surface area (TPSA) is 38.9 Å². The van der Waals surface area contributed by atoms with E-state index in [9.17, 15) is 0 Å². The molecule has 4 aromatic carbocycles. The van der Waals surface area contributed by atoms with Crippen LogP contribution in [0.2, 0.25) is 0 Å². The van der Waals surface area contributed by atoms with Crippen molar-refractivity contribution in [1.82, 2.24) is 4.98 Å². The fraction of sp³-hybridized carbons (Fsp3) is 0. The number of nitrogen functional groups attached to an aromatic ring is 1. The summed E-state index contributed by atoms with van der Waals surface area (Å²) in [4.78, 5) is 4.88. The molecule has 0 amide bonds. The van der Waals surface area contributed by atoms with E-state index in [2.05, 4.69) is 60.7 Å². The zero-order chi connectivity index (χ0) is 18.2. The molecule has 0 saturated heterocycles. The smallest absolute Gasteiger partial charge is 0.0737 e. The largest absolute Gasteiger partial charge is 0.398 e. The molecule has 0 bridgehead atoms. The molecule has 2 nitrogen and oxygen atoms in total. The number of nitrogens with zero attached hydrogens (tertiary/aromatic N) is 1. The molecule has 0 radical (unpaired) electrons. The SMILES string of the molecule is Nc1c2ccccc2nc2ccc(-c3ccccc3)c(-c3ccccc3)c12. The minimum atomic E-state index is 0.784. The summed E-state index contributed by atoms with van der Waals surface area (Å²) in [6.07, 6.45) is 0. The van der Waals surface area contributed by atoms with Gasteiger partial charge in [-0.25, -0.2) is 4.98 Å². The fourth-order valence-corrected chi connectivity index (χ4v) is 3.78. The van der Waals surface area contributed by atoms with Crippen molar-refractivity contribution in [2.45, 2.75) is 0 Å². The lowest BCUT2D eigenvalue weighted by atomic mass is 9.90. The lowest BCUT2D eigenvalue weighted by molar-refractivity contribution is 1.49. The van der Waals surface area contributed by atoms with E-state index in [1.165, 1.54) is 5.56 Å². The standard InChI is InChI=1S/C25H18N2/c26-25-20-13-7-8-14-21(20)27-22-16-15-19(17-9-3-1-4-10-17)23(24(22)25)18-11-5-2-6-12-18/h1-16H,(H2,26,27). The maximum atomic E-state index is 6.70. The first kappa shape index (κ1) is 15.6. The summed E-state index contributed by atoms with van der Waals surface area (Å²) in [5.41, 5.74) is 13.9. The van der Waals surface area contributed by atoms with Crippen molar-refractivity contribution >= 4 is 27.5 Å². The van der Waals surface area contributed by atoms with Crippen LogP contribution >= 0.6 is 0 Å². The number of aromatic nitrogens is 1. The molecule has 0 unspecified atom stereocenters. The van der Waals surface area contributed by atoms with Crippen LogP contribution in [0.1, 0.15) is 0 Å². The van der Waals surface area contributed by atoms with Crippen LogP contribution < -0.4 is 5.73 Å². The lowest BCUT2D eigenvalue weighted by Crippen LogP contribution is -1.96. The number of pyridine rings is 1. The van der Waals surface area contributed by atoms with E-state index in [1.807, 2.05) is 36.4 Å². The molecular weight excluding hydrogens is 328 g/mol. The summed E-state index contributed by atoms with van der Waals surface area (Å²) in [7, 11) is 0. The molecule has 2 N–H and O–H groups in total. The zero-order valence-electron chi connectivity index (χ0n) is 14.8. The van der Waals surface area contributed by atoms with Crippen LogP contribution in [0.25, 0.3) is 44.1 Å². The van der Waals surface area contributed by atoms with Crippen molar-refractivity contribution in [3.8, 4) is 22.3 Å². The Hall–Kier alpha value is -3.65. The van der Waals surface area contributed by atoms with E-state index >= 15 is 0 Å². The monoisotopic (exact) mass is 346 g/mol. The number of anilines is 1. The number of nitrogens with two attached hydrogens (primary N) is 1.